The molecule has 1 aromatic rings. The molecule has 0 spiro atoms. The van der Waals surface area contributed by atoms with Gasteiger partial charge in [-0.15, -0.1) is 0 Å². The SMILES string of the molecule is O=C(CS(=O)(=O)O)c1ccc(C(F)(F)C(F)(F)C(F)(F)C(F)(F)C(F)(F)C(F)(F)F)cc1. The third kappa shape index (κ3) is 4.38. The van der Waals surface area contributed by atoms with Crippen molar-refractivity contribution in [2.24, 2.45) is 0 Å². The van der Waals surface area contributed by atoms with Crippen molar-refractivity contribution in [3.8, 4) is 0 Å². The van der Waals surface area contributed by atoms with Crippen LogP contribution in [-0.2, 0) is 16.0 Å². The fraction of sp³-hybridized carbons (Fsp3) is 0.500. The topological polar surface area (TPSA) is 71.4 Å². The maximum atomic E-state index is 13.9. The Bertz CT molecular complexity index is 965. The molecule has 0 aliphatic carbocycles. The molecule has 32 heavy (non-hydrogen) atoms. The van der Waals surface area contributed by atoms with Gasteiger partial charge in [-0.05, 0) is 0 Å². The number of carbonyl (C=O) groups excluding carboxylic acids is 1. The lowest BCUT2D eigenvalue weighted by Gasteiger charge is -2.39. The zero-order chi connectivity index (χ0) is 25.8. The van der Waals surface area contributed by atoms with Crippen molar-refractivity contribution in [2.75, 3.05) is 5.75 Å². The van der Waals surface area contributed by atoms with E-state index in [0.717, 1.165) is 0 Å². The van der Waals surface area contributed by atoms with Crippen LogP contribution in [0, 0.1) is 0 Å². The molecule has 0 atom stereocenters. The summed E-state index contributed by atoms with van der Waals surface area (Å²) in [5.41, 5.74) is -3.23. The van der Waals surface area contributed by atoms with Crippen LogP contribution in [0.5, 0.6) is 0 Å². The smallest absolute Gasteiger partial charge is 0.293 e. The summed E-state index contributed by atoms with van der Waals surface area (Å²) < 4.78 is 200. The van der Waals surface area contributed by atoms with Crippen molar-refractivity contribution in [1.82, 2.24) is 0 Å². The van der Waals surface area contributed by atoms with Crippen molar-refractivity contribution in [3.63, 3.8) is 0 Å². The number of ketones is 1. The van der Waals surface area contributed by atoms with Gasteiger partial charge < -0.3 is 0 Å². The van der Waals surface area contributed by atoms with Gasteiger partial charge in [0.2, 0.25) is 0 Å². The molecule has 0 fully saturated rings. The van der Waals surface area contributed by atoms with Gasteiger partial charge in [-0.25, -0.2) is 0 Å². The minimum Gasteiger partial charge on any atom is -0.293 e. The Hall–Kier alpha value is -2.11. The Morgan fingerprint density at radius 3 is 1.41 bits per heavy atom. The number of hydrogen-bond donors (Lipinski definition) is 1. The van der Waals surface area contributed by atoms with Crippen LogP contribution in [0.4, 0.5) is 57.1 Å². The highest BCUT2D eigenvalue weighted by molar-refractivity contribution is 7.86. The molecule has 18 heteroatoms. The zero-order valence-corrected chi connectivity index (χ0v) is 15.3. The van der Waals surface area contributed by atoms with Crippen LogP contribution in [0.3, 0.4) is 0 Å². The predicted octanol–water partition coefficient (Wildman–Crippen LogP) is 4.95. The van der Waals surface area contributed by atoms with E-state index in [-0.39, 0.29) is 24.3 Å². The minimum atomic E-state index is -8.05. The minimum absolute atomic E-state index is 0.0907. The van der Waals surface area contributed by atoms with Crippen molar-refractivity contribution < 1.29 is 74.8 Å². The fourth-order valence-corrected chi connectivity index (χ4v) is 2.56. The van der Waals surface area contributed by atoms with Gasteiger partial charge in [-0.1, -0.05) is 24.3 Å². The summed E-state index contributed by atoms with van der Waals surface area (Å²) in [5, 5.41) is 0. The monoisotopic (exact) mass is 518 g/mol. The van der Waals surface area contributed by atoms with Crippen LogP contribution >= 0.6 is 0 Å². The number of benzene rings is 1. The van der Waals surface area contributed by atoms with Gasteiger partial charge in [0.15, 0.2) is 5.78 Å². The van der Waals surface area contributed by atoms with Gasteiger partial charge in [0.05, 0.1) is 0 Å². The van der Waals surface area contributed by atoms with Crippen molar-refractivity contribution in [3.05, 3.63) is 35.4 Å². The number of carbonyl (C=O) groups is 1. The Balaban J connectivity index is 3.47. The highest BCUT2D eigenvalue weighted by atomic mass is 32.2. The summed E-state index contributed by atoms with van der Waals surface area (Å²) in [6, 6.07) is -0.427. The number of rotatable bonds is 8. The lowest BCUT2D eigenvalue weighted by Crippen LogP contribution is -2.69. The quantitative estimate of drug-likeness (QED) is 0.301. The molecule has 0 heterocycles. The van der Waals surface area contributed by atoms with Gasteiger partial charge in [0.1, 0.15) is 5.75 Å². The van der Waals surface area contributed by atoms with Crippen LogP contribution < -0.4 is 0 Å². The third-order valence-corrected chi connectivity index (χ3v) is 4.44. The molecule has 4 nitrogen and oxygen atoms in total. The summed E-state index contributed by atoms with van der Waals surface area (Å²) in [6.45, 7) is 0. The van der Waals surface area contributed by atoms with Crippen LogP contribution in [0.15, 0.2) is 24.3 Å². The number of alkyl halides is 13. The standard InChI is InChI=1S/C14H7F13O4S/c15-9(16,7-3-1-6(2-4-7)8(28)5-32(29,30)31)10(17,18)11(19,20)12(21,22)13(23,24)14(25,26)27/h1-4H,5H2,(H,29,30,31). The van der Waals surface area contributed by atoms with E-state index in [9.17, 15) is 70.3 Å². The largest absolute Gasteiger partial charge is 0.460 e. The number of halogens is 13. The summed E-state index contributed by atoms with van der Waals surface area (Å²) in [4.78, 5) is 11.4. The summed E-state index contributed by atoms with van der Waals surface area (Å²) in [7, 11) is -4.96. The van der Waals surface area contributed by atoms with E-state index in [0.29, 0.717) is 0 Å². The molecule has 1 aromatic carbocycles. The molecule has 184 valence electrons. The molecular weight excluding hydrogens is 511 g/mol. The second-order valence-corrected chi connectivity index (χ2v) is 7.55. The van der Waals surface area contributed by atoms with Gasteiger partial charge in [-0.2, -0.15) is 65.5 Å². The van der Waals surface area contributed by atoms with Crippen LogP contribution in [0.25, 0.3) is 0 Å². The number of Topliss-reactive ketones (excluding diaryl/α,β-unsaturated/α-hetero) is 1. The summed E-state index contributed by atoms with van der Waals surface area (Å²) in [5.74, 6) is -41.1. The Morgan fingerprint density at radius 1 is 0.688 bits per heavy atom. The average molecular weight is 518 g/mol. The lowest BCUT2D eigenvalue weighted by molar-refractivity contribution is -0.441. The molecule has 0 saturated carbocycles. The number of hydrogen-bond acceptors (Lipinski definition) is 3. The molecule has 0 aliphatic heterocycles. The van der Waals surface area contributed by atoms with E-state index in [1.165, 1.54) is 0 Å². The molecule has 0 saturated heterocycles. The van der Waals surface area contributed by atoms with E-state index in [4.69, 9.17) is 4.55 Å². The second kappa shape index (κ2) is 7.74. The van der Waals surface area contributed by atoms with Crippen molar-refractivity contribution in [1.29, 1.82) is 0 Å². The first-order chi connectivity index (χ1) is 13.8. The van der Waals surface area contributed by atoms with Gasteiger partial charge >= 0.3 is 35.8 Å². The predicted molar refractivity (Wildman–Crippen MR) is 76.9 cm³/mol. The molecule has 0 bridgehead atoms. The molecule has 0 amide bonds. The van der Waals surface area contributed by atoms with Gasteiger partial charge in [-0.3, -0.25) is 9.35 Å². The van der Waals surface area contributed by atoms with Crippen LogP contribution in [0.2, 0.25) is 0 Å². The molecule has 0 unspecified atom stereocenters. The first-order valence-corrected chi connectivity index (χ1v) is 9.00. The van der Waals surface area contributed by atoms with E-state index in [1.807, 2.05) is 0 Å². The molecule has 0 aromatic heterocycles. The summed E-state index contributed by atoms with van der Waals surface area (Å²) >= 11 is 0. The molecule has 1 N–H and O–H groups in total. The highest BCUT2D eigenvalue weighted by Gasteiger charge is 2.90. The van der Waals surface area contributed by atoms with Crippen molar-refractivity contribution in [2.45, 2.75) is 35.8 Å². The van der Waals surface area contributed by atoms with Crippen molar-refractivity contribution >= 4 is 15.9 Å². The zero-order valence-electron chi connectivity index (χ0n) is 14.5. The van der Waals surface area contributed by atoms with E-state index in [1.54, 1.807) is 0 Å². The molecule has 1 rings (SSSR count). The second-order valence-electron chi connectivity index (χ2n) is 6.10. The Kier molecular flexibility index (Phi) is 6.75. The van der Waals surface area contributed by atoms with Gasteiger partial charge in [0, 0.05) is 11.1 Å². The molecular formula is C14H7F13O4S. The Labute approximate surface area is 168 Å². The lowest BCUT2D eigenvalue weighted by atomic mass is 9.90. The van der Waals surface area contributed by atoms with Crippen LogP contribution in [0.1, 0.15) is 15.9 Å². The third-order valence-electron chi connectivity index (χ3n) is 3.82. The van der Waals surface area contributed by atoms with E-state index in [2.05, 4.69) is 0 Å². The molecule has 0 aliphatic rings. The Morgan fingerprint density at radius 2 is 1.06 bits per heavy atom. The van der Waals surface area contributed by atoms with Gasteiger partial charge in [0.25, 0.3) is 10.1 Å². The normalized spacial score (nSPS) is 15.1. The molecule has 0 radical (unpaired) electrons. The fourth-order valence-electron chi connectivity index (χ4n) is 2.07. The first-order valence-electron chi connectivity index (χ1n) is 7.39. The first kappa shape index (κ1) is 27.9. The maximum absolute atomic E-state index is 13.9. The van der Waals surface area contributed by atoms with E-state index < -0.39 is 68.6 Å². The van der Waals surface area contributed by atoms with E-state index >= 15 is 0 Å². The highest BCUT2D eigenvalue weighted by Crippen LogP contribution is 2.62. The maximum Gasteiger partial charge on any atom is 0.460 e. The summed E-state index contributed by atoms with van der Waals surface area (Å²) in [6.07, 6.45) is -7.53. The average Bonchev–Trinajstić information content (AvgIpc) is 2.58. The van der Waals surface area contributed by atoms with Crippen LogP contribution in [-0.4, -0.2) is 54.4 Å².